The first-order valence-corrected chi connectivity index (χ1v) is 2.84. The van der Waals surface area contributed by atoms with Crippen molar-refractivity contribution in [2.24, 2.45) is 4.36 Å². The van der Waals surface area contributed by atoms with E-state index in [2.05, 4.69) is 4.36 Å². The fourth-order valence-corrected chi connectivity index (χ4v) is 0.369. The maximum Gasteiger partial charge on any atom is 0.451 e. The molecule has 0 fully saturated rings. The summed E-state index contributed by atoms with van der Waals surface area (Å²) in [4.78, 5) is 9.86. The second-order valence-corrected chi connectivity index (χ2v) is 1.75. The number of ketones is 1. The molecule has 0 saturated carbocycles. The van der Waals surface area contributed by atoms with Crippen molar-refractivity contribution in [1.29, 1.82) is 0 Å². The Morgan fingerprint density at radius 2 is 2.00 bits per heavy atom. The molecule has 0 radical (unpaired) electrons. The van der Waals surface area contributed by atoms with E-state index in [1.54, 1.807) is 0 Å². The molecule has 0 aromatic rings. The molecule has 60 valence electrons. The number of nitrogens with zero attached hydrogens (tertiary/aromatic N) is 1. The Balaban J connectivity index is 3.98. The van der Waals surface area contributed by atoms with Crippen molar-refractivity contribution in [3.05, 3.63) is 0 Å². The summed E-state index contributed by atoms with van der Waals surface area (Å²) in [7, 11) is 0. The molecule has 0 heterocycles. The van der Waals surface area contributed by atoms with Crippen molar-refractivity contribution in [2.45, 2.75) is 6.18 Å². The van der Waals surface area contributed by atoms with Gasteiger partial charge in [-0.1, -0.05) is 0 Å². The van der Waals surface area contributed by atoms with Gasteiger partial charge in [0.1, 0.15) is 0 Å². The minimum absolute atomic E-state index is 0.808. The topological polar surface area (TPSA) is 46.5 Å². The van der Waals surface area contributed by atoms with Gasteiger partial charge < -0.3 is 8.57 Å². The third kappa shape index (κ3) is 3.44. The molecule has 3 nitrogen and oxygen atoms in total. The fourth-order valence-electron chi connectivity index (χ4n) is 0.183. The average molecular weight is 174 g/mol. The van der Waals surface area contributed by atoms with E-state index in [0.29, 0.717) is 0 Å². The van der Waals surface area contributed by atoms with Crippen LogP contribution in [-0.4, -0.2) is 18.5 Å². The molecule has 0 saturated heterocycles. The summed E-state index contributed by atoms with van der Waals surface area (Å²) in [5.74, 6) is -1.99. The molecule has 0 N–H and O–H groups in total. The highest BCUT2D eigenvalue weighted by Gasteiger charge is 2.36. The number of hydrogen-bond acceptors (Lipinski definition) is 4. The summed E-state index contributed by atoms with van der Waals surface area (Å²) >= 11 is -0.808. The monoisotopic (exact) mass is 174 g/mol. The Kier molecular flexibility index (Phi) is 3.34. The minimum atomic E-state index is -4.87. The summed E-state index contributed by atoms with van der Waals surface area (Å²) in [5.41, 5.74) is 0. The van der Waals surface area contributed by atoms with Crippen LogP contribution in [0.5, 0.6) is 0 Å². The van der Waals surface area contributed by atoms with E-state index in [4.69, 9.17) is 0 Å². The lowest BCUT2D eigenvalue weighted by Gasteiger charge is -2.01. The van der Waals surface area contributed by atoms with Crippen molar-refractivity contribution < 1.29 is 22.2 Å². The average Bonchev–Trinajstić information content (AvgIpc) is 1.80. The largest absolute Gasteiger partial charge is 0.451 e. The van der Waals surface area contributed by atoms with Gasteiger partial charge in [0, 0.05) is 0 Å². The van der Waals surface area contributed by atoms with Crippen LogP contribution in [0.3, 0.4) is 0 Å². The summed E-state index contributed by atoms with van der Waals surface area (Å²) in [6.45, 7) is -1.07. The predicted molar refractivity (Wildman–Crippen MR) is 27.8 cm³/mol. The smallest absolute Gasteiger partial charge is 0.447 e. The molecule has 10 heavy (non-hydrogen) atoms. The van der Waals surface area contributed by atoms with Crippen LogP contribution in [0.15, 0.2) is 4.36 Å². The third-order valence-corrected chi connectivity index (χ3v) is 0.845. The lowest BCUT2D eigenvalue weighted by Crippen LogP contribution is -2.24. The number of alkyl halides is 3. The van der Waals surface area contributed by atoms with E-state index < -0.39 is 30.0 Å². The Morgan fingerprint density at radius 3 is 2.30 bits per heavy atom. The van der Waals surface area contributed by atoms with Gasteiger partial charge in [-0.15, -0.1) is 0 Å². The van der Waals surface area contributed by atoms with Crippen LogP contribution in [-0.2, 0) is 20.5 Å². The van der Waals surface area contributed by atoms with Gasteiger partial charge in [0.15, 0.2) is 0 Å². The lowest BCUT2D eigenvalue weighted by atomic mass is 10.4. The normalized spacial score (nSPS) is 11.1. The first kappa shape index (κ1) is 9.41. The number of Topliss-reactive ketones (excluding diaryl/α,β-unsaturated/α-hetero) is 1. The zero-order chi connectivity index (χ0) is 8.20. The van der Waals surface area contributed by atoms with Crippen LogP contribution >= 0.6 is 0 Å². The maximum atomic E-state index is 11.3. The van der Waals surface area contributed by atoms with Gasteiger partial charge in [-0.25, -0.2) is 11.5 Å². The van der Waals surface area contributed by atoms with Crippen molar-refractivity contribution >= 4 is 17.2 Å². The number of carbonyl (C=O) groups is 1. The highest BCUT2D eigenvalue weighted by atomic mass is 32.1. The maximum absolute atomic E-state index is 11.3. The Labute approximate surface area is 57.5 Å². The first-order chi connectivity index (χ1) is 4.48. The number of halogens is 3. The fraction of sp³-hybridized carbons (Fsp3) is 0.667. The standard InChI is InChI=1S/C3H3F3NO2S/c4-3(5,6)2(8)1-7-10-9/h10H,1H2/q-1. The van der Waals surface area contributed by atoms with Gasteiger partial charge >= 0.3 is 6.18 Å². The van der Waals surface area contributed by atoms with Gasteiger partial charge in [0.05, 0.1) is 6.54 Å². The lowest BCUT2D eigenvalue weighted by molar-refractivity contribution is -0.169. The SMILES string of the molecule is O=[SH-]=NCC(=O)C(F)(F)F. The van der Waals surface area contributed by atoms with Crippen LogP contribution in [0.4, 0.5) is 13.2 Å². The quantitative estimate of drug-likeness (QED) is 0.451. The summed E-state index contributed by atoms with van der Waals surface area (Å²) < 4.78 is 45.9. The van der Waals surface area contributed by atoms with Gasteiger partial charge in [0.25, 0.3) is 5.78 Å². The summed E-state index contributed by atoms with van der Waals surface area (Å²) in [6, 6.07) is 0. The highest BCUT2D eigenvalue weighted by Crippen LogP contribution is 2.15. The Hall–Kier alpha value is -0.590. The van der Waals surface area contributed by atoms with Crippen LogP contribution in [0, 0.1) is 0 Å². The molecule has 0 aliphatic rings. The zero-order valence-electron chi connectivity index (χ0n) is 4.55. The van der Waals surface area contributed by atoms with Gasteiger partial charge in [0.2, 0.25) is 0 Å². The van der Waals surface area contributed by atoms with Crippen LogP contribution in [0.1, 0.15) is 0 Å². The minimum Gasteiger partial charge on any atom is -0.447 e. The van der Waals surface area contributed by atoms with E-state index in [1.165, 1.54) is 0 Å². The van der Waals surface area contributed by atoms with Crippen molar-refractivity contribution in [1.82, 2.24) is 0 Å². The van der Waals surface area contributed by atoms with Gasteiger partial charge in [-0.05, 0) is 0 Å². The molecule has 0 amide bonds. The van der Waals surface area contributed by atoms with Crippen molar-refractivity contribution in [2.75, 3.05) is 6.54 Å². The van der Waals surface area contributed by atoms with Gasteiger partial charge in [-0.2, -0.15) is 13.2 Å². The molecule has 0 spiro atoms. The Bertz CT molecular complexity index is 183. The number of thiol groups is 1. The third-order valence-electron chi connectivity index (χ3n) is 0.588. The number of carbonyl (C=O) groups excluding carboxylic acids is 1. The molecule has 0 atom stereocenters. The van der Waals surface area contributed by atoms with Crippen molar-refractivity contribution in [3.63, 3.8) is 0 Å². The van der Waals surface area contributed by atoms with Crippen molar-refractivity contribution in [3.8, 4) is 0 Å². The molecule has 0 rings (SSSR count). The second-order valence-electron chi connectivity index (χ2n) is 1.30. The van der Waals surface area contributed by atoms with E-state index in [0.717, 1.165) is 0 Å². The van der Waals surface area contributed by atoms with Gasteiger partial charge in [-0.3, -0.25) is 4.79 Å². The van der Waals surface area contributed by atoms with Crippen LogP contribution < -0.4 is 0 Å². The first-order valence-electron chi connectivity index (χ1n) is 2.07. The molecule has 0 aliphatic carbocycles. The highest BCUT2D eigenvalue weighted by molar-refractivity contribution is 7.54. The molecule has 0 aromatic carbocycles. The molecule has 0 aromatic heterocycles. The number of rotatable bonds is 2. The molecule has 7 heteroatoms. The van der Waals surface area contributed by atoms with E-state index in [-0.39, 0.29) is 0 Å². The van der Waals surface area contributed by atoms with E-state index in [9.17, 15) is 22.2 Å². The molecule has 0 bridgehead atoms. The summed E-state index contributed by atoms with van der Waals surface area (Å²) in [5, 5.41) is 0. The second kappa shape index (κ2) is 3.55. The predicted octanol–water partition coefficient (Wildman–Crippen LogP) is 0.462. The van der Waals surface area contributed by atoms with E-state index in [1.807, 2.05) is 0 Å². The zero-order valence-corrected chi connectivity index (χ0v) is 5.45. The molecule has 0 unspecified atom stereocenters. The van der Waals surface area contributed by atoms with E-state index >= 15 is 0 Å². The van der Waals surface area contributed by atoms with Crippen LogP contribution in [0.25, 0.3) is 0 Å². The molecule has 0 aliphatic heterocycles. The molecular weight excluding hydrogens is 171 g/mol. The summed E-state index contributed by atoms with van der Waals surface area (Å²) in [6.07, 6.45) is -4.87. The number of hydrogen-bond donors (Lipinski definition) is 0. The molecular formula is C3H3F3NO2S-. The van der Waals surface area contributed by atoms with Crippen LogP contribution in [0.2, 0.25) is 0 Å². The Morgan fingerprint density at radius 1 is 1.50 bits per heavy atom.